The van der Waals surface area contributed by atoms with Gasteiger partial charge in [-0.15, -0.1) is 0 Å². The van der Waals surface area contributed by atoms with Crippen LogP contribution in [0.5, 0.6) is 0 Å². The normalized spacial score (nSPS) is 21.0. The summed E-state index contributed by atoms with van der Waals surface area (Å²) in [6.45, 7) is 2.84. The van der Waals surface area contributed by atoms with Gasteiger partial charge in [0.2, 0.25) is 0 Å². The van der Waals surface area contributed by atoms with Crippen LogP contribution in [-0.4, -0.2) is 52.0 Å². The molecule has 0 radical (unpaired) electrons. The average Bonchev–Trinajstić information content (AvgIpc) is 3.10. The molecule has 2 heterocycles. The molecule has 2 aromatic rings. The minimum absolute atomic E-state index is 0.134. The van der Waals surface area contributed by atoms with E-state index in [1.807, 2.05) is 36.4 Å². The van der Waals surface area contributed by atoms with Gasteiger partial charge in [-0.05, 0) is 18.1 Å². The summed E-state index contributed by atoms with van der Waals surface area (Å²) < 4.78 is 5.68. The first-order valence-corrected chi connectivity index (χ1v) is 8.37. The lowest BCUT2D eigenvalue weighted by Crippen LogP contribution is -2.49. The number of aryl methyl sites for hydroxylation is 1. The Kier molecular flexibility index (Phi) is 5.27. The number of hydrogen-bond acceptors (Lipinski definition) is 4. The highest BCUT2D eigenvalue weighted by Gasteiger charge is 2.37. The number of nitrogens with one attached hydrogen (secondary N) is 1. The fourth-order valence-corrected chi connectivity index (χ4v) is 3.17. The maximum absolute atomic E-state index is 13.0. The van der Waals surface area contributed by atoms with Crippen molar-refractivity contribution in [2.45, 2.75) is 31.9 Å². The van der Waals surface area contributed by atoms with Gasteiger partial charge < -0.3 is 14.7 Å². The molecule has 1 fully saturated rings. The Morgan fingerprint density at radius 3 is 2.92 bits per heavy atom. The number of morpholine rings is 1. The predicted octanol–water partition coefficient (Wildman–Crippen LogP) is 1.94. The molecule has 1 aromatic carbocycles. The molecule has 2 N–H and O–H groups in total. The van der Waals surface area contributed by atoms with Crippen LogP contribution < -0.4 is 0 Å². The number of aromatic amines is 1. The van der Waals surface area contributed by atoms with E-state index in [1.165, 1.54) is 0 Å². The van der Waals surface area contributed by atoms with Gasteiger partial charge in [0.25, 0.3) is 5.91 Å². The fraction of sp³-hybridized carbons (Fsp3) is 0.444. The molecule has 6 heteroatoms. The van der Waals surface area contributed by atoms with E-state index in [0.717, 1.165) is 24.1 Å². The zero-order valence-corrected chi connectivity index (χ0v) is 13.8. The number of hydrogen-bond donors (Lipinski definition) is 2. The Bertz CT molecular complexity index is 671. The molecule has 0 aliphatic carbocycles. The third-order valence-electron chi connectivity index (χ3n) is 4.30. The Hall–Kier alpha value is -2.18. The van der Waals surface area contributed by atoms with Gasteiger partial charge in [0, 0.05) is 12.2 Å². The number of H-pyrrole nitrogens is 1. The molecule has 1 aromatic heterocycles. The molecule has 128 valence electrons. The summed E-state index contributed by atoms with van der Waals surface area (Å²) in [5.74, 6) is -0.135. The molecule has 6 nitrogen and oxygen atoms in total. The number of benzene rings is 1. The number of aliphatic hydroxyl groups excluding tert-OH is 1. The van der Waals surface area contributed by atoms with E-state index < -0.39 is 6.10 Å². The van der Waals surface area contributed by atoms with E-state index in [1.54, 1.807) is 4.90 Å². The maximum atomic E-state index is 13.0. The summed E-state index contributed by atoms with van der Waals surface area (Å²) in [6, 6.07) is 11.2. The Morgan fingerprint density at radius 2 is 2.21 bits per heavy atom. The number of carbonyl (C=O) groups is 1. The van der Waals surface area contributed by atoms with Gasteiger partial charge >= 0.3 is 0 Å². The SMILES string of the molecule is CCCc1cc(C(=O)N2CCO[C@H](CO)[C@H]2c2ccccc2)n[nH]1. The third-order valence-corrected chi connectivity index (χ3v) is 4.30. The molecule has 3 rings (SSSR count). The second kappa shape index (κ2) is 7.59. The number of rotatable bonds is 5. The number of nitrogens with zero attached hydrogens (tertiary/aromatic N) is 2. The number of aromatic nitrogens is 2. The smallest absolute Gasteiger partial charge is 0.275 e. The average molecular weight is 329 g/mol. The fourth-order valence-electron chi connectivity index (χ4n) is 3.17. The molecule has 1 amide bonds. The molecule has 0 saturated carbocycles. The van der Waals surface area contributed by atoms with Crippen LogP contribution in [0.4, 0.5) is 0 Å². The highest BCUT2D eigenvalue weighted by Crippen LogP contribution is 2.30. The van der Waals surface area contributed by atoms with Gasteiger partial charge in [-0.3, -0.25) is 9.89 Å². The summed E-state index contributed by atoms with van der Waals surface area (Å²) in [4.78, 5) is 14.7. The van der Waals surface area contributed by atoms with E-state index >= 15 is 0 Å². The highest BCUT2D eigenvalue weighted by molar-refractivity contribution is 5.92. The van der Waals surface area contributed by atoms with E-state index in [-0.39, 0.29) is 18.6 Å². The maximum Gasteiger partial charge on any atom is 0.275 e. The highest BCUT2D eigenvalue weighted by atomic mass is 16.5. The number of ether oxygens (including phenoxy) is 1. The molecule has 24 heavy (non-hydrogen) atoms. The van der Waals surface area contributed by atoms with Crippen molar-refractivity contribution in [3.8, 4) is 0 Å². The molecule has 1 aliphatic rings. The molecule has 2 atom stereocenters. The second-order valence-corrected chi connectivity index (χ2v) is 5.97. The quantitative estimate of drug-likeness (QED) is 0.879. The lowest BCUT2D eigenvalue weighted by Gasteiger charge is -2.40. The van der Waals surface area contributed by atoms with E-state index in [2.05, 4.69) is 17.1 Å². The second-order valence-electron chi connectivity index (χ2n) is 5.97. The largest absolute Gasteiger partial charge is 0.394 e. The minimum Gasteiger partial charge on any atom is -0.394 e. The molecule has 0 unspecified atom stereocenters. The van der Waals surface area contributed by atoms with Gasteiger partial charge in [-0.2, -0.15) is 5.10 Å². The van der Waals surface area contributed by atoms with Crippen LogP contribution in [0, 0.1) is 0 Å². The summed E-state index contributed by atoms with van der Waals surface area (Å²) in [5, 5.41) is 16.8. The first kappa shape index (κ1) is 16.7. The monoisotopic (exact) mass is 329 g/mol. The van der Waals surface area contributed by atoms with Gasteiger partial charge in [-0.25, -0.2) is 0 Å². The Morgan fingerprint density at radius 1 is 1.42 bits per heavy atom. The minimum atomic E-state index is -0.431. The van der Waals surface area contributed by atoms with Gasteiger partial charge in [0.05, 0.1) is 19.3 Å². The van der Waals surface area contributed by atoms with Crippen LogP contribution in [0.3, 0.4) is 0 Å². The molecule has 0 bridgehead atoms. The Balaban J connectivity index is 1.89. The number of carbonyl (C=O) groups excluding carboxylic acids is 1. The van der Waals surface area contributed by atoms with E-state index in [9.17, 15) is 9.90 Å². The zero-order chi connectivity index (χ0) is 16.9. The van der Waals surface area contributed by atoms with Crippen molar-refractivity contribution in [2.75, 3.05) is 19.8 Å². The lowest BCUT2D eigenvalue weighted by atomic mass is 9.98. The van der Waals surface area contributed by atoms with Crippen LogP contribution in [0.2, 0.25) is 0 Å². The predicted molar refractivity (Wildman–Crippen MR) is 89.6 cm³/mol. The first-order chi connectivity index (χ1) is 11.7. The van der Waals surface area contributed by atoms with Crippen molar-refractivity contribution in [1.29, 1.82) is 0 Å². The lowest BCUT2D eigenvalue weighted by molar-refractivity contribution is -0.0812. The van der Waals surface area contributed by atoms with Crippen LogP contribution in [0.15, 0.2) is 36.4 Å². The van der Waals surface area contributed by atoms with Crippen molar-refractivity contribution in [3.63, 3.8) is 0 Å². The van der Waals surface area contributed by atoms with Crippen LogP contribution in [0.25, 0.3) is 0 Å². The van der Waals surface area contributed by atoms with Crippen molar-refractivity contribution in [2.24, 2.45) is 0 Å². The van der Waals surface area contributed by atoms with Gasteiger partial charge in [0.1, 0.15) is 11.8 Å². The summed E-state index contributed by atoms with van der Waals surface area (Å²) >= 11 is 0. The van der Waals surface area contributed by atoms with E-state index in [0.29, 0.717) is 18.8 Å². The molecule has 0 spiro atoms. The first-order valence-electron chi connectivity index (χ1n) is 8.37. The van der Waals surface area contributed by atoms with Gasteiger partial charge in [0.15, 0.2) is 0 Å². The standard InChI is InChI=1S/C18H23N3O3/c1-2-6-14-11-15(20-19-14)18(23)21-9-10-24-16(12-22)17(21)13-7-4-3-5-8-13/h3-5,7-8,11,16-17,22H,2,6,9-10,12H2,1H3,(H,19,20)/t16-,17-/m1/s1. The van der Waals surface area contributed by atoms with Crippen molar-refractivity contribution in [3.05, 3.63) is 53.3 Å². The Labute approximate surface area is 141 Å². The molecular formula is C18H23N3O3. The zero-order valence-electron chi connectivity index (χ0n) is 13.8. The van der Waals surface area contributed by atoms with Crippen LogP contribution >= 0.6 is 0 Å². The molecular weight excluding hydrogens is 306 g/mol. The number of aliphatic hydroxyl groups is 1. The van der Waals surface area contributed by atoms with Crippen molar-refractivity contribution < 1.29 is 14.6 Å². The molecule has 1 saturated heterocycles. The summed E-state index contributed by atoms with van der Waals surface area (Å²) in [7, 11) is 0. The van der Waals surface area contributed by atoms with Crippen molar-refractivity contribution >= 4 is 5.91 Å². The summed E-state index contributed by atoms with van der Waals surface area (Å²) in [6.07, 6.45) is 1.43. The summed E-state index contributed by atoms with van der Waals surface area (Å²) in [5.41, 5.74) is 2.33. The van der Waals surface area contributed by atoms with Crippen LogP contribution in [0.1, 0.15) is 41.1 Å². The van der Waals surface area contributed by atoms with Gasteiger partial charge in [-0.1, -0.05) is 43.7 Å². The van der Waals surface area contributed by atoms with Crippen molar-refractivity contribution in [1.82, 2.24) is 15.1 Å². The third kappa shape index (κ3) is 3.34. The van der Waals surface area contributed by atoms with Crippen LogP contribution in [-0.2, 0) is 11.2 Å². The number of amides is 1. The van der Waals surface area contributed by atoms with E-state index in [4.69, 9.17) is 4.74 Å². The topological polar surface area (TPSA) is 78.5 Å². The molecule has 1 aliphatic heterocycles.